The van der Waals surface area contributed by atoms with Gasteiger partial charge in [-0.05, 0) is 72.2 Å². The molecule has 0 aromatic rings. The van der Waals surface area contributed by atoms with Crippen LogP contribution in [0.5, 0.6) is 0 Å². The minimum atomic E-state index is -1.98. The fourth-order valence-electron chi connectivity index (χ4n) is 7.91. The maximum atomic E-state index is 11.8. The average Bonchev–Trinajstić information content (AvgIpc) is 2.67. The average molecular weight is 465 g/mol. The second-order valence-corrected chi connectivity index (χ2v) is 17.1. The van der Waals surface area contributed by atoms with Gasteiger partial charge in [0.1, 0.15) is 0 Å². The van der Waals surface area contributed by atoms with E-state index >= 15 is 0 Å². The van der Waals surface area contributed by atoms with Crippen LogP contribution >= 0.6 is 0 Å². The first kappa shape index (κ1) is 26.1. The van der Waals surface area contributed by atoms with Gasteiger partial charge in [0.05, 0.1) is 24.4 Å². The molecule has 2 fully saturated rings. The minimum Gasteiger partial charge on any atom is -0.410 e. The highest BCUT2D eigenvalue weighted by Gasteiger charge is 2.58. The van der Waals surface area contributed by atoms with E-state index in [2.05, 4.69) is 62.0 Å². The molecule has 0 aromatic carbocycles. The Morgan fingerprint density at radius 1 is 1.12 bits per heavy atom. The molecule has 0 spiro atoms. The van der Waals surface area contributed by atoms with E-state index in [-0.39, 0.29) is 23.4 Å². The molecule has 0 heterocycles. The molecule has 0 amide bonds. The Morgan fingerprint density at radius 2 is 1.72 bits per heavy atom. The lowest BCUT2D eigenvalue weighted by Crippen LogP contribution is -2.60. The van der Waals surface area contributed by atoms with Gasteiger partial charge in [0.2, 0.25) is 0 Å². The molecule has 0 aliphatic heterocycles. The zero-order valence-electron chi connectivity index (χ0n) is 21.7. The van der Waals surface area contributed by atoms with E-state index in [1.54, 1.807) is 0 Å². The van der Waals surface area contributed by atoms with E-state index in [0.717, 1.165) is 30.5 Å². The summed E-state index contributed by atoms with van der Waals surface area (Å²) in [7, 11) is -1.98. The highest BCUT2D eigenvalue weighted by molar-refractivity contribution is 6.75. The maximum Gasteiger partial charge on any atom is 0.195 e. The fourth-order valence-corrected chi connectivity index (χ4v) is 11.4. The summed E-state index contributed by atoms with van der Waals surface area (Å²) in [5, 5.41) is 33.7. The highest BCUT2D eigenvalue weighted by Crippen LogP contribution is 2.59. The summed E-state index contributed by atoms with van der Waals surface area (Å²) >= 11 is 0. The number of fused-ring (bicyclic) bond motifs is 3. The van der Waals surface area contributed by atoms with Gasteiger partial charge < -0.3 is 19.7 Å². The molecule has 3 aliphatic carbocycles. The van der Waals surface area contributed by atoms with Gasteiger partial charge in [0.15, 0.2) is 8.32 Å². The first-order chi connectivity index (χ1) is 14.8. The predicted octanol–water partition coefficient (Wildman–Crippen LogP) is 5.59. The standard InChI is InChI=1S/C27H48O4Si/c1-10-32(11-2,16(3)4)31-21-15-27(9)13-12-19(28)18(6)23(27)25(30)24-20(29)14-17(5)22(21)26(24,7)8/h16,19-21,23-25,28-30H,6,10-15H2,1-5,7-9H3/t19-,20-,21-,23-,24-,25-,27-/m0/s1. The smallest absolute Gasteiger partial charge is 0.195 e. The van der Waals surface area contributed by atoms with Crippen molar-refractivity contribution in [1.29, 1.82) is 0 Å². The number of hydrogen-bond donors (Lipinski definition) is 3. The number of aliphatic hydroxyl groups excluding tert-OH is 3. The van der Waals surface area contributed by atoms with Crippen LogP contribution in [-0.4, -0.2) is 48.1 Å². The van der Waals surface area contributed by atoms with Crippen molar-refractivity contribution < 1.29 is 19.7 Å². The topological polar surface area (TPSA) is 69.9 Å². The van der Waals surface area contributed by atoms with Gasteiger partial charge in [0, 0.05) is 11.8 Å². The van der Waals surface area contributed by atoms with Crippen LogP contribution in [0.2, 0.25) is 17.6 Å². The molecule has 3 aliphatic rings. The molecule has 0 aromatic heterocycles. The zero-order valence-corrected chi connectivity index (χ0v) is 22.7. The lowest BCUT2D eigenvalue weighted by Gasteiger charge is -2.59. The first-order valence-electron chi connectivity index (χ1n) is 12.9. The Balaban J connectivity index is 2.21. The van der Waals surface area contributed by atoms with Crippen LogP contribution < -0.4 is 0 Å². The van der Waals surface area contributed by atoms with E-state index < -0.39 is 32.0 Å². The summed E-state index contributed by atoms with van der Waals surface area (Å²) in [6.45, 7) is 22.2. The Hall–Kier alpha value is -0.463. The molecular weight excluding hydrogens is 416 g/mol. The summed E-state index contributed by atoms with van der Waals surface area (Å²) in [6.07, 6.45) is 0.972. The second kappa shape index (κ2) is 8.96. The molecular formula is C27H48O4Si. The third-order valence-electron chi connectivity index (χ3n) is 9.79. The largest absolute Gasteiger partial charge is 0.410 e. The van der Waals surface area contributed by atoms with Crippen LogP contribution in [0.3, 0.4) is 0 Å². The van der Waals surface area contributed by atoms with E-state index in [9.17, 15) is 15.3 Å². The Labute approximate surface area is 197 Å². The van der Waals surface area contributed by atoms with Crippen molar-refractivity contribution in [2.24, 2.45) is 22.7 Å². The number of aliphatic hydroxyl groups is 3. The molecule has 3 N–H and O–H groups in total. The van der Waals surface area contributed by atoms with Gasteiger partial charge in [-0.15, -0.1) is 0 Å². The van der Waals surface area contributed by atoms with Crippen molar-refractivity contribution >= 4 is 8.32 Å². The molecule has 0 unspecified atom stereocenters. The SMILES string of the molecule is C=C1[C@@H](O)CC[C@@]2(C)C[C@H](O[Si](CC)(CC)C(C)C)C3=C(C)C[C@H](O)[C@@H]([C@@H](O)[C@H]12)C3(C)C. The molecule has 32 heavy (non-hydrogen) atoms. The van der Waals surface area contributed by atoms with Crippen LogP contribution in [0.15, 0.2) is 23.3 Å². The summed E-state index contributed by atoms with van der Waals surface area (Å²) in [5.41, 5.74) is 3.18. The maximum absolute atomic E-state index is 11.8. The van der Waals surface area contributed by atoms with Crippen molar-refractivity contribution in [2.75, 3.05) is 0 Å². The molecule has 2 saturated carbocycles. The van der Waals surface area contributed by atoms with E-state index in [1.807, 2.05) is 0 Å². The van der Waals surface area contributed by atoms with Crippen molar-refractivity contribution in [2.45, 2.75) is 123 Å². The number of hydrogen-bond acceptors (Lipinski definition) is 4. The van der Waals surface area contributed by atoms with Crippen molar-refractivity contribution in [3.63, 3.8) is 0 Å². The third-order valence-corrected chi connectivity index (χ3v) is 15.0. The molecule has 3 rings (SSSR count). The van der Waals surface area contributed by atoms with Gasteiger partial charge in [-0.1, -0.05) is 60.6 Å². The molecule has 0 saturated heterocycles. The molecule has 0 radical (unpaired) electrons. The van der Waals surface area contributed by atoms with Gasteiger partial charge in [-0.2, -0.15) is 0 Å². The van der Waals surface area contributed by atoms with Gasteiger partial charge in [-0.3, -0.25) is 0 Å². The fraction of sp³-hybridized carbons (Fsp3) is 0.852. The Kier molecular flexibility index (Phi) is 7.32. The van der Waals surface area contributed by atoms with Crippen molar-refractivity contribution in [3.8, 4) is 0 Å². The molecule has 2 bridgehead atoms. The number of rotatable bonds is 5. The summed E-state index contributed by atoms with van der Waals surface area (Å²) in [5.74, 6) is -0.549. The summed E-state index contributed by atoms with van der Waals surface area (Å²) in [6, 6.07) is 2.18. The lowest BCUT2D eigenvalue weighted by atomic mass is 9.50. The van der Waals surface area contributed by atoms with E-state index in [4.69, 9.17) is 4.43 Å². The second-order valence-electron chi connectivity index (χ2n) is 12.2. The first-order valence-corrected chi connectivity index (χ1v) is 15.3. The van der Waals surface area contributed by atoms with Crippen LogP contribution in [0.1, 0.15) is 81.1 Å². The Bertz CT molecular complexity index is 753. The summed E-state index contributed by atoms with van der Waals surface area (Å²) in [4.78, 5) is 0. The van der Waals surface area contributed by atoms with Crippen LogP contribution in [0, 0.1) is 22.7 Å². The van der Waals surface area contributed by atoms with Crippen molar-refractivity contribution in [3.05, 3.63) is 23.3 Å². The van der Waals surface area contributed by atoms with E-state index in [1.165, 1.54) is 11.1 Å². The Morgan fingerprint density at radius 3 is 2.25 bits per heavy atom. The zero-order chi connectivity index (χ0) is 24.2. The predicted molar refractivity (Wildman–Crippen MR) is 134 cm³/mol. The highest BCUT2D eigenvalue weighted by atomic mass is 28.4. The van der Waals surface area contributed by atoms with Crippen LogP contribution in [0.25, 0.3) is 0 Å². The van der Waals surface area contributed by atoms with Gasteiger partial charge in [-0.25, -0.2) is 0 Å². The minimum absolute atomic E-state index is 0.0167. The lowest BCUT2D eigenvalue weighted by molar-refractivity contribution is -0.122. The molecule has 7 atom stereocenters. The molecule has 184 valence electrons. The third kappa shape index (κ3) is 4.00. The van der Waals surface area contributed by atoms with Crippen molar-refractivity contribution in [1.82, 2.24) is 0 Å². The quantitative estimate of drug-likeness (QED) is 0.366. The normalized spacial score (nSPS) is 40.2. The molecule has 5 heteroatoms. The molecule has 4 nitrogen and oxygen atoms in total. The van der Waals surface area contributed by atoms with E-state index in [0.29, 0.717) is 18.4 Å². The monoisotopic (exact) mass is 464 g/mol. The van der Waals surface area contributed by atoms with Crippen LogP contribution in [-0.2, 0) is 4.43 Å². The van der Waals surface area contributed by atoms with Gasteiger partial charge >= 0.3 is 0 Å². The van der Waals surface area contributed by atoms with Gasteiger partial charge in [0.25, 0.3) is 0 Å². The summed E-state index contributed by atoms with van der Waals surface area (Å²) < 4.78 is 7.34. The van der Waals surface area contributed by atoms with Crippen LogP contribution in [0.4, 0.5) is 0 Å².